The van der Waals surface area contributed by atoms with E-state index in [0.717, 1.165) is 0 Å². The van der Waals surface area contributed by atoms with Gasteiger partial charge in [-0.3, -0.25) is 0 Å². The molecule has 0 aliphatic carbocycles. The molecule has 0 radical (unpaired) electrons. The van der Waals surface area contributed by atoms with Crippen LogP contribution in [0.5, 0.6) is 0 Å². The quantitative estimate of drug-likeness (QED) is 0.584. The second kappa shape index (κ2) is 3.99. The molecule has 0 saturated carbocycles. The molecule has 0 atom stereocenters. The summed E-state index contributed by atoms with van der Waals surface area (Å²) in [4.78, 5) is 7.82. The summed E-state index contributed by atoms with van der Waals surface area (Å²) in [5.74, 6) is 0.431. The molecule has 1 rings (SSSR count). The molecule has 0 aromatic carbocycles. The summed E-state index contributed by atoms with van der Waals surface area (Å²) in [7, 11) is 0. The van der Waals surface area contributed by atoms with Crippen LogP contribution in [-0.2, 0) is 5.41 Å². The smallest absolute Gasteiger partial charge is 0.222 e. The molecule has 0 aliphatic rings. The predicted molar refractivity (Wildman–Crippen MR) is 55.8 cm³/mol. The lowest BCUT2D eigenvalue weighted by Gasteiger charge is -2.21. The van der Waals surface area contributed by atoms with E-state index in [1.54, 1.807) is 0 Å². The molecule has 1 aromatic heterocycles. The van der Waals surface area contributed by atoms with Crippen LogP contribution in [0.3, 0.4) is 0 Å². The molecule has 0 spiro atoms. The molecule has 5 heteroatoms. The Kier molecular flexibility index (Phi) is 3.38. The van der Waals surface area contributed by atoms with Crippen molar-refractivity contribution in [3.05, 3.63) is 22.2 Å². The number of halogens is 3. The summed E-state index contributed by atoms with van der Waals surface area (Å²) in [6, 6.07) is 0. The fraction of sp³-hybridized carbons (Fsp3) is 0.500. The van der Waals surface area contributed by atoms with Gasteiger partial charge in [-0.05, 0) is 11.6 Å². The van der Waals surface area contributed by atoms with Gasteiger partial charge in [-0.15, -0.1) is 11.6 Å². The molecule has 72 valence electrons. The third kappa shape index (κ3) is 2.46. The van der Waals surface area contributed by atoms with Gasteiger partial charge in [-0.25, -0.2) is 9.97 Å². The number of hydrogen-bond acceptors (Lipinski definition) is 2. The van der Waals surface area contributed by atoms with Gasteiger partial charge in [0, 0.05) is 11.3 Å². The predicted octanol–water partition coefficient (Wildman–Crippen LogP) is 3.30. The first-order chi connectivity index (χ1) is 5.97. The molecule has 0 N–H and O–H groups in total. The molecule has 0 aliphatic heterocycles. The van der Waals surface area contributed by atoms with Crippen LogP contribution in [0, 0.1) is 0 Å². The Morgan fingerprint density at radius 2 is 2.00 bits per heavy atom. The molecule has 2 nitrogen and oxygen atoms in total. The van der Waals surface area contributed by atoms with Crippen LogP contribution in [0.4, 0.5) is 0 Å². The molecule has 13 heavy (non-hydrogen) atoms. The lowest BCUT2D eigenvalue weighted by molar-refractivity contribution is 0.574. The standard InChI is InChI=1S/C8H9Cl3N2/c1-8(2,4-9)6-5(10)3-12-7(11)13-6/h3H,4H2,1-2H3. The molecule has 0 unspecified atom stereocenters. The Labute approximate surface area is 92.2 Å². The molecule has 0 saturated heterocycles. The van der Waals surface area contributed by atoms with E-state index >= 15 is 0 Å². The van der Waals surface area contributed by atoms with Crippen molar-refractivity contribution in [2.45, 2.75) is 19.3 Å². The average molecular weight is 240 g/mol. The van der Waals surface area contributed by atoms with Crippen LogP contribution in [0.2, 0.25) is 10.3 Å². The van der Waals surface area contributed by atoms with Gasteiger partial charge in [0.25, 0.3) is 0 Å². The average Bonchev–Trinajstić information content (AvgIpc) is 2.09. The van der Waals surface area contributed by atoms with Crippen molar-refractivity contribution in [3.63, 3.8) is 0 Å². The Morgan fingerprint density at radius 1 is 1.38 bits per heavy atom. The van der Waals surface area contributed by atoms with Crippen LogP contribution in [0.25, 0.3) is 0 Å². The summed E-state index contributed by atoms with van der Waals surface area (Å²) in [6.07, 6.45) is 1.49. The minimum atomic E-state index is -0.286. The molecular weight excluding hydrogens is 230 g/mol. The number of hydrogen-bond donors (Lipinski definition) is 0. The summed E-state index contributed by atoms with van der Waals surface area (Å²) in [5.41, 5.74) is 0.398. The van der Waals surface area contributed by atoms with Gasteiger partial charge >= 0.3 is 0 Å². The largest absolute Gasteiger partial charge is 0.225 e. The number of nitrogens with zero attached hydrogens (tertiary/aromatic N) is 2. The Hall–Kier alpha value is -0.0500. The minimum absolute atomic E-state index is 0.192. The monoisotopic (exact) mass is 238 g/mol. The maximum Gasteiger partial charge on any atom is 0.222 e. The number of rotatable bonds is 2. The number of aromatic nitrogens is 2. The summed E-state index contributed by atoms with van der Waals surface area (Å²) < 4.78 is 0. The minimum Gasteiger partial charge on any atom is -0.225 e. The van der Waals surface area contributed by atoms with E-state index in [2.05, 4.69) is 9.97 Å². The van der Waals surface area contributed by atoms with Gasteiger partial charge in [-0.1, -0.05) is 25.4 Å². The fourth-order valence-electron chi connectivity index (χ4n) is 0.883. The zero-order valence-corrected chi connectivity index (χ0v) is 9.58. The van der Waals surface area contributed by atoms with Crippen LogP contribution in [-0.4, -0.2) is 15.8 Å². The highest BCUT2D eigenvalue weighted by Crippen LogP contribution is 2.29. The maximum absolute atomic E-state index is 5.92. The van der Waals surface area contributed by atoms with Gasteiger partial charge in [0.1, 0.15) is 0 Å². The summed E-state index contributed by atoms with van der Waals surface area (Å²) in [5, 5.41) is 0.688. The molecular formula is C8H9Cl3N2. The van der Waals surface area contributed by atoms with E-state index in [0.29, 0.717) is 16.6 Å². The van der Waals surface area contributed by atoms with Crippen molar-refractivity contribution in [1.82, 2.24) is 9.97 Å². The van der Waals surface area contributed by atoms with Gasteiger partial charge < -0.3 is 0 Å². The van der Waals surface area contributed by atoms with E-state index in [1.807, 2.05) is 13.8 Å². The van der Waals surface area contributed by atoms with Crippen molar-refractivity contribution in [2.75, 3.05) is 5.88 Å². The highest BCUT2D eigenvalue weighted by Gasteiger charge is 2.24. The molecule has 0 bridgehead atoms. The van der Waals surface area contributed by atoms with E-state index < -0.39 is 0 Å². The van der Waals surface area contributed by atoms with Gasteiger partial charge in [0.15, 0.2) is 0 Å². The van der Waals surface area contributed by atoms with Gasteiger partial charge in [0.05, 0.1) is 16.9 Å². The van der Waals surface area contributed by atoms with E-state index in [9.17, 15) is 0 Å². The highest BCUT2D eigenvalue weighted by molar-refractivity contribution is 6.32. The molecule has 1 heterocycles. The first kappa shape index (κ1) is 11.0. The molecule has 0 fully saturated rings. The van der Waals surface area contributed by atoms with E-state index in [-0.39, 0.29) is 10.7 Å². The van der Waals surface area contributed by atoms with E-state index in [4.69, 9.17) is 34.8 Å². The zero-order valence-electron chi connectivity index (χ0n) is 7.31. The second-order valence-electron chi connectivity index (χ2n) is 3.35. The first-order valence-corrected chi connectivity index (χ1v) is 5.01. The zero-order chi connectivity index (χ0) is 10.1. The fourth-order valence-corrected chi connectivity index (χ4v) is 1.49. The van der Waals surface area contributed by atoms with Crippen molar-refractivity contribution in [1.29, 1.82) is 0 Å². The van der Waals surface area contributed by atoms with Crippen LogP contribution in [0.1, 0.15) is 19.5 Å². The van der Waals surface area contributed by atoms with Crippen LogP contribution >= 0.6 is 34.8 Å². The van der Waals surface area contributed by atoms with Gasteiger partial charge in [-0.2, -0.15) is 0 Å². The normalized spacial score (nSPS) is 11.8. The second-order valence-corrected chi connectivity index (χ2v) is 4.37. The van der Waals surface area contributed by atoms with E-state index in [1.165, 1.54) is 6.20 Å². The topological polar surface area (TPSA) is 25.8 Å². The third-order valence-corrected chi connectivity index (χ3v) is 2.82. The van der Waals surface area contributed by atoms with Gasteiger partial charge in [0.2, 0.25) is 5.28 Å². The van der Waals surface area contributed by atoms with Crippen molar-refractivity contribution >= 4 is 34.8 Å². The molecule has 0 amide bonds. The lowest BCUT2D eigenvalue weighted by Crippen LogP contribution is -2.21. The van der Waals surface area contributed by atoms with Crippen LogP contribution < -0.4 is 0 Å². The van der Waals surface area contributed by atoms with Crippen molar-refractivity contribution in [2.24, 2.45) is 0 Å². The third-order valence-electron chi connectivity index (χ3n) is 1.69. The SMILES string of the molecule is CC(C)(CCl)c1nc(Cl)ncc1Cl. The van der Waals surface area contributed by atoms with Crippen molar-refractivity contribution < 1.29 is 0 Å². The maximum atomic E-state index is 5.92. The Morgan fingerprint density at radius 3 is 2.54 bits per heavy atom. The lowest BCUT2D eigenvalue weighted by atomic mass is 9.92. The Balaban J connectivity index is 3.20. The van der Waals surface area contributed by atoms with Crippen LogP contribution in [0.15, 0.2) is 6.20 Å². The highest BCUT2D eigenvalue weighted by atomic mass is 35.5. The Bertz CT molecular complexity index is 312. The number of alkyl halides is 1. The van der Waals surface area contributed by atoms with Crippen molar-refractivity contribution in [3.8, 4) is 0 Å². The first-order valence-electron chi connectivity index (χ1n) is 3.72. The molecule has 1 aromatic rings. The summed E-state index contributed by atoms with van der Waals surface area (Å²) >= 11 is 17.4. The summed E-state index contributed by atoms with van der Waals surface area (Å²) in [6.45, 7) is 3.90.